The Bertz CT molecular complexity index is 748. The number of rotatable bonds is 5. The molecule has 0 aromatic carbocycles. The second-order valence-electron chi connectivity index (χ2n) is 7.08. The van der Waals surface area contributed by atoms with E-state index in [1.807, 2.05) is 24.5 Å². The zero-order valence-electron chi connectivity index (χ0n) is 14.3. The van der Waals surface area contributed by atoms with E-state index in [1.165, 1.54) is 11.8 Å². The maximum Gasteiger partial charge on any atom is 0.256 e. The van der Waals surface area contributed by atoms with Gasteiger partial charge in [-0.2, -0.15) is 0 Å². The van der Waals surface area contributed by atoms with Gasteiger partial charge in [-0.05, 0) is 24.6 Å². The van der Waals surface area contributed by atoms with Crippen LogP contribution in [0.2, 0.25) is 0 Å². The Morgan fingerprint density at radius 3 is 3.04 bits per heavy atom. The summed E-state index contributed by atoms with van der Waals surface area (Å²) in [6.07, 6.45) is 5.12. The molecule has 7 heteroatoms. The average Bonchev–Trinajstić information content (AvgIpc) is 3.28. The van der Waals surface area contributed by atoms with Crippen LogP contribution in [-0.2, 0) is 11.3 Å². The Balaban J connectivity index is 1.41. The van der Waals surface area contributed by atoms with Crippen molar-refractivity contribution in [3.8, 4) is 0 Å². The van der Waals surface area contributed by atoms with Crippen LogP contribution >= 0.6 is 0 Å². The quantitative estimate of drug-likeness (QED) is 0.881. The third-order valence-electron chi connectivity index (χ3n) is 5.34. The van der Waals surface area contributed by atoms with Crippen LogP contribution in [-0.4, -0.2) is 53.8 Å². The molecule has 2 fully saturated rings. The highest BCUT2D eigenvalue weighted by Gasteiger charge is 2.50. The lowest BCUT2D eigenvalue weighted by atomic mass is 9.81. The standard InChI is InChI=1S/C18H22N4O3/c1-13-16(6-21-25-13)17(23)20-10-18-11-22(8-15(18)9-24-12-18)7-14-2-4-19-5-3-14/h2-6,15H,7-12H2,1H3,(H,20,23)/t15-,18+/m0/s1. The lowest BCUT2D eigenvalue weighted by Gasteiger charge is -2.27. The van der Waals surface area contributed by atoms with Crippen LogP contribution < -0.4 is 5.32 Å². The predicted octanol–water partition coefficient (Wildman–Crippen LogP) is 1.26. The number of hydrogen-bond acceptors (Lipinski definition) is 6. The van der Waals surface area contributed by atoms with E-state index in [0.29, 0.717) is 30.4 Å². The van der Waals surface area contributed by atoms with E-state index >= 15 is 0 Å². The van der Waals surface area contributed by atoms with Gasteiger partial charge in [0.15, 0.2) is 0 Å². The number of fused-ring (bicyclic) bond motifs is 1. The molecular formula is C18H22N4O3. The smallest absolute Gasteiger partial charge is 0.256 e. The van der Waals surface area contributed by atoms with E-state index in [-0.39, 0.29) is 11.3 Å². The molecule has 2 aromatic heterocycles. The fourth-order valence-corrected chi connectivity index (χ4v) is 3.93. The van der Waals surface area contributed by atoms with E-state index in [4.69, 9.17) is 9.26 Å². The van der Waals surface area contributed by atoms with Gasteiger partial charge in [-0.3, -0.25) is 14.7 Å². The van der Waals surface area contributed by atoms with Crippen LogP contribution in [0.25, 0.3) is 0 Å². The first-order chi connectivity index (χ1) is 12.2. The van der Waals surface area contributed by atoms with Crippen molar-refractivity contribution in [1.29, 1.82) is 0 Å². The molecule has 2 aliphatic rings. The molecule has 2 aliphatic heterocycles. The maximum absolute atomic E-state index is 12.4. The molecule has 0 bridgehead atoms. The van der Waals surface area contributed by atoms with E-state index in [1.54, 1.807) is 6.92 Å². The summed E-state index contributed by atoms with van der Waals surface area (Å²) in [4.78, 5) is 18.9. The van der Waals surface area contributed by atoms with Gasteiger partial charge in [-0.15, -0.1) is 0 Å². The number of nitrogens with one attached hydrogen (secondary N) is 1. The van der Waals surface area contributed by atoms with E-state index in [2.05, 4.69) is 20.4 Å². The second-order valence-corrected chi connectivity index (χ2v) is 7.08. The number of likely N-dealkylation sites (tertiary alicyclic amines) is 1. The van der Waals surface area contributed by atoms with Crippen molar-refractivity contribution >= 4 is 5.91 Å². The molecule has 0 aliphatic carbocycles. The van der Waals surface area contributed by atoms with E-state index in [0.717, 1.165) is 26.2 Å². The number of amides is 1. The first-order valence-corrected chi connectivity index (χ1v) is 8.55. The second kappa shape index (κ2) is 6.57. The van der Waals surface area contributed by atoms with Gasteiger partial charge in [0.05, 0.1) is 19.4 Å². The average molecular weight is 342 g/mol. The minimum Gasteiger partial charge on any atom is -0.380 e. The van der Waals surface area contributed by atoms with Crippen molar-refractivity contribution in [2.75, 3.05) is 32.8 Å². The molecule has 7 nitrogen and oxygen atoms in total. The highest BCUT2D eigenvalue weighted by molar-refractivity contribution is 5.94. The molecule has 4 heterocycles. The molecule has 1 amide bonds. The third-order valence-corrected chi connectivity index (χ3v) is 5.34. The number of nitrogens with zero attached hydrogens (tertiary/aromatic N) is 3. The van der Waals surface area contributed by atoms with Crippen molar-refractivity contribution in [3.63, 3.8) is 0 Å². The molecule has 0 unspecified atom stereocenters. The van der Waals surface area contributed by atoms with E-state index in [9.17, 15) is 4.79 Å². The number of carbonyl (C=O) groups excluding carboxylic acids is 1. The number of aryl methyl sites for hydroxylation is 1. The molecule has 132 valence electrons. The summed E-state index contributed by atoms with van der Waals surface area (Å²) in [6, 6.07) is 4.10. The van der Waals surface area contributed by atoms with Gasteiger partial charge in [0.1, 0.15) is 11.3 Å². The fourth-order valence-electron chi connectivity index (χ4n) is 3.93. The number of carbonyl (C=O) groups is 1. The van der Waals surface area contributed by atoms with Crippen LogP contribution in [0.1, 0.15) is 21.7 Å². The number of pyridine rings is 1. The van der Waals surface area contributed by atoms with Crippen LogP contribution in [0.4, 0.5) is 0 Å². The molecule has 1 N–H and O–H groups in total. The first kappa shape index (κ1) is 16.2. The summed E-state index contributed by atoms with van der Waals surface area (Å²) >= 11 is 0. The summed E-state index contributed by atoms with van der Waals surface area (Å²) in [6.45, 7) is 6.61. The largest absolute Gasteiger partial charge is 0.380 e. The van der Waals surface area contributed by atoms with E-state index < -0.39 is 0 Å². The van der Waals surface area contributed by atoms with Crippen molar-refractivity contribution in [3.05, 3.63) is 47.6 Å². The number of ether oxygens (including phenoxy) is 1. The summed E-state index contributed by atoms with van der Waals surface area (Å²) < 4.78 is 10.7. The molecule has 2 atom stereocenters. The molecular weight excluding hydrogens is 320 g/mol. The topological polar surface area (TPSA) is 80.5 Å². The Kier molecular flexibility index (Phi) is 4.27. The minimum atomic E-state index is -0.133. The van der Waals surface area contributed by atoms with Crippen molar-refractivity contribution < 1.29 is 14.1 Å². The zero-order chi connectivity index (χ0) is 17.3. The first-order valence-electron chi connectivity index (χ1n) is 8.55. The van der Waals surface area contributed by atoms with Gasteiger partial charge in [0.25, 0.3) is 5.91 Å². The van der Waals surface area contributed by atoms with Gasteiger partial charge in [-0.1, -0.05) is 5.16 Å². The lowest BCUT2D eigenvalue weighted by molar-refractivity contribution is 0.0902. The Labute approximate surface area is 146 Å². The lowest BCUT2D eigenvalue weighted by Crippen LogP contribution is -2.43. The van der Waals surface area contributed by atoms with Gasteiger partial charge < -0.3 is 14.6 Å². The summed E-state index contributed by atoms with van der Waals surface area (Å²) in [5.74, 6) is 0.851. The predicted molar refractivity (Wildman–Crippen MR) is 89.8 cm³/mol. The molecule has 2 aromatic rings. The third kappa shape index (κ3) is 3.17. The molecule has 2 saturated heterocycles. The molecule has 25 heavy (non-hydrogen) atoms. The highest BCUT2D eigenvalue weighted by atomic mass is 16.5. The molecule has 4 rings (SSSR count). The Morgan fingerprint density at radius 2 is 2.28 bits per heavy atom. The van der Waals surface area contributed by atoms with Crippen LogP contribution in [0.3, 0.4) is 0 Å². The molecule has 0 spiro atoms. The Hall–Kier alpha value is -2.25. The van der Waals surface area contributed by atoms with Crippen molar-refractivity contribution in [1.82, 2.24) is 20.4 Å². The highest BCUT2D eigenvalue weighted by Crippen LogP contribution is 2.41. The molecule has 0 radical (unpaired) electrons. The maximum atomic E-state index is 12.4. The van der Waals surface area contributed by atoms with Crippen LogP contribution in [0.5, 0.6) is 0 Å². The minimum absolute atomic E-state index is 0.0201. The van der Waals surface area contributed by atoms with Crippen molar-refractivity contribution in [2.24, 2.45) is 11.3 Å². The summed E-state index contributed by atoms with van der Waals surface area (Å²) in [5.41, 5.74) is 1.74. The van der Waals surface area contributed by atoms with Crippen LogP contribution in [0.15, 0.2) is 35.2 Å². The van der Waals surface area contributed by atoms with Gasteiger partial charge in [0, 0.05) is 49.9 Å². The summed E-state index contributed by atoms with van der Waals surface area (Å²) in [5, 5.41) is 6.73. The van der Waals surface area contributed by atoms with Crippen molar-refractivity contribution in [2.45, 2.75) is 13.5 Å². The van der Waals surface area contributed by atoms with Gasteiger partial charge in [0.2, 0.25) is 0 Å². The van der Waals surface area contributed by atoms with Gasteiger partial charge in [-0.25, -0.2) is 0 Å². The SMILES string of the molecule is Cc1oncc1C(=O)NC[C@@]12COC[C@@H]1CN(Cc1ccncc1)C2. The Morgan fingerprint density at radius 1 is 1.44 bits per heavy atom. The number of aromatic nitrogens is 2. The normalized spacial score (nSPS) is 25.9. The molecule has 0 saturated carbocycles. The number of hydrogen-bond donors (Lipinski definition) is 1. The fraction of sp³-hybridized carbons (Fsp3) is 0.500. The summed E-state index contributed by atoms with van der Waals surface area (Å²) in [7, 11) is 0. The van der Waals surface area contributed by atoms with Crippen LogP contribution in [0, 0.1) is 18.3 Å². The van der Waals surface area contributed by atoms with Gasteiger partial charge >= 0.3 is 0 Å². The zero-order valence-corrected chi connectivity index (χ0v) is 14.3. The monoisotopic (exact) mass is 342 g/mol.